The number of nitrogens with zero attached hydrogens (tertiary/aromatic N) is 1. The number of thiol groups is 1. The number of likely N-dealkylation sites (tertiary alicyclic amines) is 1. The molecule has 92 valence electrons. The molecule has 2 rings (SSSR count). The van der Waals surface area contributed by atoms with Gasteiger partial charge in [-0.25, -0.2) is 0 Å². The standard InChI is InChI=1S/C12H22N2OS/c1-14-6-2-3-10(14)8-13-11(15)7-12(9-16)4-5-12/h10,16H,2-9H2,1H3,(H,13,15). The van der Waals surface area contributed by atoms with Gasteiger partial charge < -0.3 is 10.2 Å². The fourth-order valence-electron chi connectivity index (χ4n) is 2.44. The van der Waals surface area contributed by atoms with Crippen LogP contribution in [0.5, 0.6) is 0 Å². The number of carbonyl (C=O) groups is 1. The van der Waals surface area contributed by atoms with Crippen molar-refractivity contribution in [3.63, 3.8) is 0 Å². The molecular formula is C12H22N2OS. The third-order valence-electron chi connectivity index (χ3n) is 4.03. The first kappa shape index (κ1) is 12.2. The lowest BCUT2D eigenvalue weighted by atomic mass is 10.1. The van der Waals surface area contributed by atoms with Crippen LogP contribution in [-0.4, -0.2) is 42.7 Å². The Morgan fingerprint density at radius 2 is 2.31 bits per heavy atom. The highest BCUT2D eigenvalue weighted by molar-refractivity contribution is 7.80. The van der Waals surface area contributed by atoms with E-state index in [2.05, 4.69) is 29.9 Å². The van der Waals surface area contributed by atoms with Crippen LogP contribution < -0.4 is 5.32 Å². The van der Waals surface area contributed by atoms with Crippen LogP contribution in [0, 0.1) is 5.41 Å². The van der Waals surface area contributed by atoms with Crippen molar-refractivity contribution in [3.8, 4) is 0 Å². The van der Waals surface area contributed by atoms with E-state index in [9.17, 15) is 4.79 Å². The van der Waals surface area contributed by atoms with Crippen molar-refractivity contribution in [2.24, 2.45) is 5.41 Å². The lowest BCUT2D eigenvalue weighted by Gasteiger charge is -2.20. The second-order valence-corrected chi connectivity index (χ2v) is 5.73. The van der Waals surface area contributed by atoms with Gasteiger partial charge in [0.2, 0.25) is 5.91 Å². The Morgan fingerprint density at radius 1 is 1.56 bits per heavy atom. The van der Waals surface area contributed by atoms with Gasteiger partial charge in [-0.3, -0.25) is 4.79 Å². The summed E-state index contributed by atoms with van der Waals surface area (Å²) in [5, 5.41) is 3.07. The topological polar surface area (TPSA) is 32.3 Å². The normalized spacial score (nSPS) is 28.0. The molecule has 3 nitrogen and oxygen atoms in total. The average molecular weight is 242 g/mol. The number of carbonyl (C=O) groups excluding carboxylic acids is 1. The van der Waals surface area contributed by atoms with Crippen molar-refractivity contribution in [1.29, 1.82) is 0 Å². The van der Waals surface area contributed by atoms with Crippen LogP contribution in [-0.2, 0) is 4.79 Å². The molecule has 1 heterocycles. The molecule has 0 radical (unpaired) electrons. The predicted molar refractivity (Wildman–Crippen MR) is 68.8 cm³/mol. The van der Waals surface area contributed by atoms with Gasteiger partial charge in [0.25, 0.3) is 0 Å². The van der Waals surface area contributed by atoms with Crippen molar-refractivity contribution >= 4 is 18.5 Å². The molecule has 2 aliphatic rings. The number of rotatable bonds is 5. The van der Waals surface area contributed by atoms with Gasteiger partial charge in [0.1, 0.15) is 0 Å². The largest absolute Gasteiger partial charge is 0.355 e. The molecule has 1 N–H and O–H groups in total. The van der Waals surface area contributed by atoms with Crippen LogP contribution in [0.25, 0.3) is 0 Å². The number of likely N-dealkylation sites (N-methyl/N-ethyl adjacent to an activating group) is 1. The lowest BCUT2D eigenvalue weighted by Crippen LogP contribution is -2.39. The lowest BCUT2D eigenvalue weighted by molar-refractivity contribution is -0.122. The summed E-state index contributed by atoms with van der Waals surface area (Å²) in [5.74, 6) is 1.07. The van der Waals surface area contributed by atoms with Crippen LogP contribution in [0.15, 0.2) is 0 Å². The molecule has 4 heteroatoms. The third-order valence-corrected chi connectivity index (χ3v) is 4.71. The van der Waals surface area contributed by atoms with Gasteiger partial charge in [-0.05, 0) is 50.4 Å². The minimum atomic E-state index is 0.215. The van der Waals surface area contributed by atoms with Crippen LogP contribution >= 0.6 is 12.6 Å². The monoisotopic (exact) mass is 242 g/mol. The summed E-state index contributed by atoms with van der Waals surface area (Å²) in [6.45, 7) is 1.99. The van der Waals surface area contributed by atoms with E-state index in [0.29, 0.717) is 12.5 Å². The zero-order chi connectivity index (χ0) is 11.6. The van der Waals surface area contributed by atoms with E-state index in [1.54, 1.807) is 0 Å². The maximum Gasteiger partial charge on any atom is 0.220 e. The van der Waals surface area contributed by atoms with E-state index in [4.69, 9.17) is 0 Å². The molecule has 1 atom stereocenters. The Kier molecular flexibility index (Phi) is 3.80. The van der Waals surface area contributed by atoms with Crippen LogP contribution in [0.3, 0.4) is 0 Å². The van der Waals surface area contributed by atoms with Gasteiger partial charge in [0, 0.05) is 19.0 Å². The first-order chi connectivity index (χ1) is 7.65. The van der Waals surface area contributed by atoms with Crippen LogP contribution in [0.2, 0.25) is 0 Å². The molecule has 1 aliphatic heterocycles. The first-order valence-corrected chi connectivity index (χ1v) is 6.86. The second kappa shape index (κ2) is 4.96. The van der Waals surface area contributed by atoms with Gasteiger partial charge in [0.05, 0.1) is 0 Å². The van der Waals surface area contributed by atoms with E-state index in [-0.39, 0.29) is 11.3 Å². The fourth-order valence-corrected chi connectivity index (χ4v) is 2.87. The minimum absolute atomic E-state index is 0.215. The zero-order valence-electron chi connectivity index (χ0n) is 10.0. The zero-order valence-corrected chi connectivity index (χ0v) is 10.9. The first-order valence-electron chi connectivity index (χ1n) is 6.23. The van der Waals surface area contributed by atoms with E-state index in [1.807, 2.05) is 0 Å². The van der Waals surface area contributed by atoms with E-state index >= 15 is 0 Å². The smallest absolute Gasteiger partial charge is 0.220 e. The summed E-state index contributed by atoms with van der Waals surface area (Å²) in [4.78, 5) is 14.1. The molecule has 1 unspecified atom stereocenters. The fraction of sp³-hybridized carbons (Fsp3) is 0.917. The van der Waals surface area contributed by atoms with E-state index < -0.39 is 0 Å². The molecule has 1 saturated carbocycles. The Morgan fingerprint density at radius 3 is 2.81 bits per heavy atom. The number of amides is 1. The van der Waals surface area contributed by atoms with E-state index in [1.165, 1.54) is 32.2 Å². The highest BCUT2D eigenvalue weighted by atomic mass is 32.1. The summed E-state index contributed by atoms with van der Waals surface area (Å²) in [6.07, 6.45) is 5.50. The van der Waals surface area contributed by atoms with Crippen LogP contribution in [0.1, 0.15) is 32.1 Å². The number of nitrogens with one attached hydrogen (secondary N) is 1. The number of hydrogen-bond acceptors (Lipinski definition) is 3. The predicted octanol–water partition coefficient (Wildman–Crippen LogP) is 1.30. The average Bonchev–Trinajstić information content (AvgIpc) is 2.92. The summed E-state index contributed by atoms with van der Waals surface area (Å²) < 4.78 is 0. The molecule has 0 aromatic rings. The Labute approximate surface area is 103 Å². The third kappa shape index (κ3) is 2.92. The molecule has 0 aromatic carbocycles. The molecule has 0 spiro atoms. The van der Waals surface area contributed by atoms with E-state index in [0.717, 1.165) is 12.3 Å². The van der Waals surface area contributed by atoms with Crippen molar-refractivity contribution in [1.82, 2.24) is 10.2 Å². The van der Waals surface area contributed by atoms with Gasteiger partial charge >= 0.3 is 0 Å². The Bertz CT molecular complexity index is 266. The Balaban J connectivity index is 1.67. The molecule has 0 aromatic heterocycles. The molecular weight excluding hydrogens is 220 g/mol. The second-order valence-electron chi connectivity index (χ2n) is 5.42. The molecule has 1 amide bonds. The highest BCUT2D eigenvalue weighted by Gasteiger charge is 2.42. The molecule has 1 aliphatic carbocycles. The van der Waals surface area contributed by atoms with Gasteiger partial charge in [-0.2, -0.15) is 12.6 Å². The summed E-state index contributed by atoms with van der Waals surface area (Å²) >= 11 is 4.32. The van der Waals surface area contributed by atoms with Gasteiger partial charge in [-0.1, -0.05) is 0 Å². The molecule has 0 bridgehead atoms. The van der Waals surface area contributed by atoms with Gasteiger partial charge in [0.15, 0.2) is 0 Å². The summed E-state index contributed by atoms with van der Waals surface area (Å²) in [5.41, 5.74) is 0.245. The SMILES string of the molecule is CN1CCCC1CNC(=O)CC1(CS)CC1. The molecule has 16 heavy (non-hydrogen) atoms. The maximum absolute atomic E-state index is 11.8. The molecule has 2 fully saturated rings. The quantitative estimate of drug-likeness (QED) is 0.712. The van der Waals surface area contributed by atoms with Crippen molar-refractivity contribution in [3.05, 3.63) is 0 Å². The Hall–Kier alpha value is -0.220. The number of hydrogen-bond donors (Lipinski definition) is 2. The van der Waals surface area contributed by atoms with Crippen molar-refractivity contribution in [2.45, 2.75) is 38.1 Å². The summed E-state index contributed by atoms with van der Waals surface area (Å²) in [7, 11) is 2.14. The van der Waals surface area contributed by atoms with Crippen molar-refractivity contribution in [2.75, 3.05) is 25.9 Å². The summed E-state index contributed by atoms with van der Waals surface area (Å²) in [6, 6.07) is 0.551. The maximum atomic E-state index is 11.8. The minimum Gasteiger partial charge on any atom is -0.355 e. The van der Waals surface area contributed by atoms with Crippen molar-refractivity contribution < 1.29 is 4.79 Å². The molecule has 1 saturated heterocycles. The highest BCUT2D eigenvalue weighted by Crippen LogP contribution is 2.49. The van der Waals surface area contributed by atoms with Crippen LogP contribution in [0.4, 0.5) is 0 Å². The van der Waals surface area contributed by atoms with Gasteiger partial charge in [-0.15, -0.1) is 0 Å².